The molecule has 0 amide bonds. The van der Waals surface area contributed by atoms with Crippen LogP contribution in [0.15, 0.2) is 0 Å². The largest absolute Gasteiger partial charge is 0.382 e. The van der Waals surface area contributed by atoms with Crippen LogP contribution in [-0.2, 0) is 9.47 Å². The summed E-state index contributed by atoms with van der Waals surface area (Å²) in [5, 5.41) is 6.98. The van der Waals surface area contributed by atoms with Crippen LogP contribution in [0.25, 0.3) is 0 Å². The van der Waals surface area contributed by atoms with Crippen LogP contribution in [0.4, 0.5) is 0 Å². The molecule has 0 aromatic carbocycles. The van der Waals surface area contributed by atoms with Gasteiger partial charge in [0.1, 0.15) is 0 Å². The number of ether oxygens (including phenoxy) is 2. The fraction of sp³-hybridized carbons (Fsp3) is 1.00. The highest BCUT2D eigenvalue weighted by molar-refractivity contribution is 4.78. The zero-order valence-corrected chi connectivity index (χ0v) is 10.8. The minimum atomic E-state index is 0.158. The van der Waals surface area contributed by atoms with Crippen molar-refractivity contribution >= 4 is 0 Å². The minimum absolute atomic E-state index is 0.158. The van der Waals surface area contributed by atoms with E-state index in [1.54, 1.807) is 14.2 Å². The third-order valence-corrected chi connectivity index (χ3v) is 3.21. The first-order valence-corrected chi connectivity index (χ1v) is 6.22. The monoisotopic (exact) mass is 230 g/mol. The highest BCUT2D eigenvalue weighted by Gasteiger charge is 2.17. The van der Waals surface area contributed by atoms with Gasteiger partial charge in [-0.3, -0.25) is 0 Å². The van der Waals surface area contributed by atoms with Gasteiger partial charge in [0.2, 0.25) is 0 Å². The summed E-state index contributed by atoms with van der Waals surface area (Å²) in [6.07, 6.45) is 2.74. The van der Waals surface area contributed by atoms with Crippen molar-refractivity contribution in [1.29, 1.82) is 0 Å². The van der Waals surface area contributed by atoms with Crippen LogP contribution in [0.1, 0.15) is 19.8 Å². The Hall–Kier alpha value is -0.160. The quantitative estimate of drug-likeness (QED) is 0.673. The fourth-order valence-corrected chi connectivity index (χ4v) is 2.19. The molecule has 16 heavy (non-hydrogen) atoms. The Labute approximate surface area is 99.1 Å². The lowest BCUT2D eigenvalue weighted by Crippen LogP contribution is -2.45. The van der Waals surface area contributed by atoms with Gasteiger partial charge < -0.3 is 20.1 Å². The second-order valence-electron chi connectivity index (χ2n) is 4.75. The number of piperidine rings is 1. The summed E-state index contributed by atoms with van der Waals surface area (Å²) in [7, 11) is 3.43. The predicted octanol–water partition coefficient (Wildman–Crippen LogP) is 0.626. The number of methoxy groups -OCH3 is 2. The third-order valence-electron chi connectivity index (χ3n) is 3.21. The first-order chi connectivity index (χ1) is 7.76. The Bertz CT molecular complexity index is 178. The minimum Gasteiger partial charge on any atom is -0.382 e. The van der Waals surface area contributed by atoms with Gasteiger partial charge >= 0.3 is 0 Å². The van der Waals surface area contributed by atoms with E-state index in [4.69, 9.17) is 9.47 Å². The standard InChI is InChI=1S/C12H26N2O2/c1-10-4-5-14-11(6-10)7-13-8-12(16-3)9-15-2/h10-14H,4-9H2,1-3H3. The Kier molecular flexibility index (Phi) is 6.96. The summed E-state index contributed by atoms with van der Waals surface area (Å²) < 4.78 is 10.4. The van der Waals surface area contributed by atoms with Crippen molar-refractivity contribution in [3.8, 4) is 0 Å². The number of hydrogen-bond donors (Lipinski definition) is 2. The topological polar surface area (TPSA) is 42.5 Å². The van der Waals surface area contributed by atoms with E-state index in [1.165, 1.54) is 12.8 Å². The molecule has 96 valence electrons. The Morgan fingerprint density at radius 3 is 2.88 bits per heavy atom. The van der Waals surface area contributed by atoms with Crippen LogP contribution in [0, 0.1) is 5.92 Å². The molecule has 0 aromatic heterocycles. The van der Waals surface area contributed by atoms with Crippen LogP contribution < -0.4 is 10.6 Å². The summed E-state index contributed by atoms with van der Waals surface area (Å²) in [4.78, 5) is 0. The van der Waals surface area contributed by atoms with Crippen LogP contribution in [0.2, 0.25) is 0 Å². The number of hydrogen-bond acceptors (Lipinski definition) is 4. The van der Waals surface area contributed by atoms with E-state index >= 15 is 0 Å². The molecule has 0 saturated carbocycles. The molecule has 1 fully saturated rings. The maximum absolute atomic E-state index is 5.29. The number of rotatable bonds is 7. The molecule has 2 N–H and O–H groups in total. The number of nitrogens with one attached hydrogen (secondary N) is 2. The molecule has 1 rings (SSSR count). The zero-order chi connectivity index (χ0) is 11.8. The molecule has 0 aromatic rings. The summed E-state index contributed by atoms with van der Waals surface area (Å²) in [5.74, 6) is 0.852. The van der Waals surface area contributed by atoms with Gasteiger partial charge in [0.05, 0.1) is 12.7 Å². The SMILES string of the molecule is COCC(CNCC1CC(C)CCN1)OC. The average molecular weight is 230 g/mol. The summed E-state index contributed by atoms with van der Waals surface area (Å²) in [6, 6.07) is 0.615. The van der Waals surface area contributed by atoms with E-state index in [1.807, 2.05) is 0 Å². The van der Waals surface area contributed by atoms with E-state index in [-0.39, 0.29) is 6.10 Å². The highest BCUT2D eigenvalue weighted by Crippen LogP contribution is 2.14. The van der Waals surface area contributed by atoms with E-state index in [0.29, 0.717) is 12.6 Å². The molecule has 0 bridgehead atoms. The predicted molar refractivity (Wildman–Crippen MR) is 65.7 cm³/mol. The lowest BCUT2D eigenvalue weighted by molar-refractivity contribution is 0.0285. The molecule has 0 radical (unpaired) electrons. The first-order valence-electron chi connectivity index (χ1n) is 6.22. The van der Waals surface area contributed by atoms with Crippen molar-refractivity contribution in [1.82, 2.24) is 10.6 Å². The normalized spacial score (nSPS) is 27.9. The molecule has 4 heteroatoms. The maximum atomic E-state index is 5.29. The molecule has 3 unspecified atom stereocenters. The molecular weight excluding hydrogens is 204 g/mol. The molecule has 1 aliphatic rings. The van der Waals surface area contributed by atoms with Crippen molar-refractivity contribution in [2.24, 2.45) is 5.92 Å². The molecule has 1 aliphatic heterocycles. The van der Waals surface area contributed by atoms with Crippen molar-refractivity contribution in [2.45, 2.75) is 31.9 Å². The van der Waals surface area contributed by atoms with Crippen molar-refractivity contribution < 1.29 is 9.47 Å². The van der Waals surface area contributed by atoms with E-state index in [0.717, 1.165) is 25.6 Å². The maximum Gasteiger partial charge on any atom is 0.0928 e. The van der Waals surface area contributed by atoms with E-state index < -0.39 is 0 Å². The van der Waals surface area contributed by atoms with E-state index in [2.05, 4.69) is 17.6 Å². The van der Waals surface area contributed by atoms with Crippen LogP contribution in [0.3, 0.4) is 0 Å². The lowest BCUT2D eigenvalue weighted by atomic mass is 9.94. The van der Waals surface area contributed by atoms with Gasteiger partial charge in [0.15, 0.2) is 0 Å². The van der Waals surface area contributed by atoms with Crippen LogP contribution in [0.5, 0.6) is 0 Å². The van der Waals surface area contributed by atoms with Gasteiger partial charge in [0, 0.05) is 33.4 Å². The van der Waals surface area contributed by atoms with Crippen molar-refractivity contribution in [3.63, 3.8) is 0 Å². The van der Waals surface area contributed by atoms with Gasteiger partial charge in [-0.25, -0.2) is 0 Å². The second-order valence-corrected chi connectivity index (χ2v) is 4.75. The zero-order valence-electron chi connectivity index (χ0n) is 10.8. The molecule has 1 heterocycles. The second kappa shape index (κ2) is 8.01. The fourth-order valence-electron chi connectivity index (χ4n) is 2.19. The Morgan fingerprint density at radius 2 is 2.25 bits per heavy atom. The van der Waals surface area contributed by atoms with Crippen LogP contribution in [-0.4, -0.2) is 52.6 Å². The molecule has 4 nitrogen and oxygen atoms in total. The first kappa shape index (κ1) is 13.9. The smallest absolute Gasteiger partial charge is 0.0928 e. The Morgan fingerprint density at radius 1 is 1.44 bits per heavy atom. The van der Waals surface area contributed by atoms with Crippen LogP contribution >= 0.6 is 0 Å². The summed E-state index contributed by atoms with van der Waals surface area (Å²) in [5.41, 5.74) is 0. The molecule has 3 atom stereocenters. The van der Waals surface area contributed by atoms with Gasteiger partial charge in [0.25, 0.3) is 0 Å². The van der Waals surface area contributed by atoms with Gasteiger partial charge in [-0.2, -0.15) is 0 Å². The van der Waals surface area contributed by atoms with Gasteiger partial charge in [-0.15, -0.1) is 0 Å². The molecule has 0 spiro atoms. The molecular formula is C12H26N2O2. The summed E-state index contributed by atoms with van der Waals surface area (Å²) in [6.45, 7) is 6.01. The van der Waals surface area contributed by atoms with Gasteiger partial charge in [-0.1, -0.05) is 6.92 Å². The van der Waals surface area contributed by atoms with Crippen molar-refractivity contribution in [2.75, 3.05) is 40.5 Å². The van der Waals surface area contributed by atoms with E-state index in [9.17, 15) is 0 Å². The highest BCUT2D eigenvalue weighted by atomic mass is 16.5. The third kappa shape index (κ3) is 5.25. The lowest BCUT2D eigenvalue weighted by Gasteiger charge is -2.28. The Balaban J connectivity index is 2.09. The molecule has 1 saturated heterocycles. The summed E-state index contributed by atoms with van der Waals surface area (Å²) >= 11 is 0. The average Bonchev–Trinajstić information content (AvgIpc) is 2.28. The molecule has 0 aliphatic carbocycles. The van der Waals surface area contributed by atoms with Crippen molar-refractivity contribution in [3.05, 3.63) is 0 Å². The van der Waals surface area contributed by atoms with Gasteiger partial charge in [-0.05, 0) is 25.3 Å².